The first-order chi connectivity index (χ1) is 8.69. The zero-order valence-corrected chi connectivity index (χ0v) is 12.3. The molecule has 1 atom stereocenters. The van der Waals surface area contributed by atoms with Crippen molar-refractivity contribution < 1.29 is 22.7 Å². The Hall–Kier alpha value is -1.25. The predicted octanol–water partition coefficient (Wildman–Crippen LogP) is 2.14. The van der Waals surface area contributed by atoms with Gasteiger partial charge in [0.2, 0.25) is 10.0 Å². The van der Waals surface area contributed by atoms with Crippen LogP contribution in [0.2, 0.25) is 0 Å². The third-order valence-electron chi connectivity index (χ3n) is 2.22. The Morgan fingerprint density at radius 3 is 2.63 bits per heavy atom. The van der Waals surface area contributed by atoms with Crippen molar-refractivity contribution in [1.82, 2.24) is 4.72 Å². The number of carboxylic acids is 1. The van der Waals surface area contributed by atoms with Gasteiger partial charge >= 0.3 is 5.97 Å². The average Bonchev–Trinajstić information content (AvgIpc) is 2.30. The Labute approximate surface area is 118 Å². The number of sulfonamides is 1. The van der Waals surface area contributed by atoms with Gasteiger partial charge < -0.3 is 5.11 Å². The molecule has 104 valence electrons. The summed E-state index contributed by atoms with van der Waals surface area (Å²) < 4.78 is 40.1. The van der Waals surface area contributed by atoms with Crippen LogP contribution in [0.15, 0.2) is 34.2 Å². The summed E-state index contributed by atoms with van der Waals surface area (Å²) in [6, 6.07) is 1.38. The summed E-state index contributed by atoms with van der Waals surface area (Å²) in [6.07, 6.45) is 1.32. The van der Waals surface area contributed by atoms with E-state index in [9.17, 15) is 17.6 Å². The van der Waals surface area contributed by atoms with Crippen molar-refractivity contribution in [2.24, 2.45) is 0 Å². The van der Waals surface area contributed by atoms with Crippen LogP contribution in [0.4, 0.5) is 4.39 Å². The first-order valence-corrected chi connectivity index (χ1v) is 7.34. The maximum atomic E-state index is 13.9. The molecular formula is C11H11BrFNO4S. The molecule has 19 heavy (non-hydrogen) atoms. The molecule has 0 bridgehead atoms. The molecule has 2 N–H and O–H groups in total. The van der Waals surface area contributed by atoms with Gasteiger partial charge in [-0.1, -0.05) is 22.0 Å². The van der Waals surface area contributed by atoms with Crippen LogP contribution in [0.1, 0.15) is 17.3 Å². The highest BCUT2D eigenvalue weighted by molar-refractivity contribution is 9.10. The monoisotopic (exact) mass is 351 g/mol. The number of benzene rings is 1. The van der Waals surface area contributed by atoms with E-state index in [0.717, 1.165) is 12.1 Å². The van der Waals surface area contributed by atoms with Crippen molar-refractivity contribution in [3.63, 3.8) is 0 Å². The van der Waals surface area contributed by atoms with Crippen LogP contribution < -0.4 is 4.72 Å². The molecule has 0 spiro atoms. The minimum absolute atomic E-state index is 0.151. The van der Waals surface area contributed by atoms with Crippen molar-refractivity contribution in [2.45, 2.75) is 17.9 Å². The highest BCUT2D eigenvalue weighted by Crippen LogP contribution is 2.24. The molecule has 5 nitrogen and oxygen atoms in total. The Morgan fingerprint density at radius 2 is 2.16 bits per heavy atom. The molecule has 1 rings (SSSR count). The third kappa shape index (κ3) is 3.62. The van der Waals surface area contributed by atoms with E-state index in [2.05, 4.69) is 27.2 Å². The van der Waals surface area contributed by atoms with Gasteiger partial charge in [-0.15, -0.1) is 6.58 Å². The highest BCUT2D eigenvalue weighted by Gasteiger charge is 2.25. The Morgan fingerprint density at radius 1 is 1.58 bits per heavy atom. The lowest BCUT2D eigenvalue weighted by Crippen LogP contribution is -2.32. The van der Waals surface area contributed by atoms with Gasteiger partial charge in [0, 0.05) is 10.5 Å². The number of rotatable bonds is 5. The third-order valence-corrected chi connectivity index (χ3v) is 4.23. The summed E-state index contributed by atoms with van der Waals surface area (Å²) in [5.74, 6) is -2.86. The molecule has 1 unspecified atom stereocenters. The highest BCUT2D eigenvalue weighted by atomic mass is 79.9. The molecule has 0 aliphatic rings. The number of halogens is 2. The van der Waals surface area contributed by atoms with E-state index < -0.39 is 38.3 Å². The lowest BCUT2D eigenvalue weighted by atomic mass is 10.2. The molecule has 1 aromatic rings. The van der Waals surface area contributed by atoms with Crippen LogP contribution in [0.3, 0.4) is 0 Å². The topological polar surface area (TPSA) is 83.5 Å². The van der Waals surface area contributed by atoms with Gasteiger partial charge in [0.05, 0.1) is 5.56 Å². The largest absolute Gasteiger partial charge is 0.478 e. The van der Waals surface area contributed by atoms with Crippen molar-refractivity contribution in [3.8, 4) is 0 Å². The maximum absolute atomic E-state index is 13.9. The number of carboxylic acid groups (broad SMARTS) is 1. The van der Waals surface area contributed by atoms with E-state index in [-0.39, 0.29) is 4.47 Å². The van der Waals surface area contributed by atoms with E-state index in [1.807, 2.05) is 0 Å². The lowest BCUT2D eigenvalue weighted by molar-refractivity contribution is 0.0691. The summed E-state index contributed by atoms with van der Waals surface area (Å²) in [7, 11) is -4.17. The van der Waals surface area contributed by atoms with Crippen molar-refractivity contribution in [3.05, 3.63) is 40.6 Å². The molecule has 0 saturated heterocycles. The molecule has 0 amide bonds. The fourth-order valence-electron chi connectivity index (χ4n) is 1.27. The zero-order chi connectivity index (χ0) is 14.8. The van der Waals surface area contributed by atoms with E-state index in [1.54, 1.807) is 0 Å². The smallest absolute Gasteiger partial charge is 0.338 e. The van der Waals surface area contributed by atoms with Crippen LogP contribution in [-0.2, 0) is 10.0 Å². The van der Waals surface area contributed by atoms with E-state index in [0.29, 0.717) is 0 Å². The molecular weight excluding hydrogens is 341 g/mol. The van der Waals surface area contributed by atoms with Gasteiger partial charge in [-0.25, -0.2) is 22.3 Å². The molecule has 0 aliphatic heterocycles. The van der Waals surface area contributed by atoms with Gasteiger partial charge in [0.15, 0.2) is 5.82 Å². The first kappa shape index (κ1) is 15.8. The Kier molecular flexibility index (Phi) is 4.83. The van der Waals surface area contributed by atoms with Crippen LogP contribution >= 0.6 is 15.9 Å². The second-order valence-corrected chi connectivity index (χ2v) is 6.31. The summed E-state index contributed by atoms with van der Waals surface area (Å²) in [6.45, 7) is 4.91. The number of hydrogen-bond donors (Lipinski definition) is 2. The zero-order valence-electron chi connectivity index (χ0n) is 9.85. The molecule has 8 heteroatoms. The Balaban J connectivity index is 3.42. The molecule has 0 radical (unpaired) electrons. The fourth-order valence-corrected chi connectivity index (χ4v) is 3.22. The number of carbonyl (C=O) groups is 1. The SMILES string of the molecule is C=CC(C)NS(=O)(=O)c1cc(Br)cc(C(=O)O)c1F. The standard InChI is InChI=1S/C11H11BrFNO4S/c1-3-6(2)14-19(17,18)9-5-7(12)4-8(10(9)13)11(15)16/h3-6,14H,1H2,2H3,(H,15,16). The van der Waals surface area contributed by atoms with E-state index in [1.165, 1.54) is 13.0 Å². The van der Waals surface area contributed by atoms with Crippen LogP contribution in [-0.4, -0.2) is 25.5 Å². The molecule has 0 heterocycles. The predicted molar refractivity (Wildman–Crippen MR) is 71.0 cm³/mol. The van der Waals surface area contributed by atoms with Gasteiger partial charge in [-0.2, -0.15) is 0 Å². The maximum Gasteiger partial charge on any atom is 0.338 e. The average molecular weight is 352 g/mol. The van der Waals surface area contributed by atoms with Crippen molar-refractivity contribution in [2.75, 3.05) is 0 Å². The first-order valence-electron chi connectivity index (χ1n) is 5.06. The summed E-state index contributed by atoms with van der Waals surface area (Å²) in [4.78, 5) is 10.1. The molecule has 0 fully saturated rings. The number of nitrogens with one attached hydrogen (secondary N) is 1. The summed E-state index contributed by atoms with van der Waals surface area (Å²) >= 11 is 2.95. The van der Waals surface area contributed by atoms with E-state index in [4.69, 9.17) is 5.11 Å². The number of aromatic carboxylic acids is 1. The summed E-state index contributed by atoms with van der Waals surface area (Å²) in [5.41, 5.74) is -0.721. The van der Waals surface area contributed by atoms with Gasteiger partial charge in [-0.3, -0.25) is 0 Å². The normalized spacial score (nSPS) is 13.0. The molecule has 0 aromatic heterocycles. The molecule has 0 aliphatic carbocycles. The lowest BCUT2D eigenvalue weighted by Gasteiger charge is -2.12. The quantitative estimate of drug-likeness (QED) is 0.796. The Bertz CT molecular complexity index is 630. The number of hydrogen-bond acceptors (Lipinski definition) is 3. The van der Waals surface area contributed by atoms with Gasteiger partial charge in [-0.05, 0) is 19.1 Å². The van der Waals surface area contributed by atoms with E-state index >= 15 is 0 Å². The molecule has 1 aromatic carbocycles. The molecule has 0 saturated carbocycles. The second kappa shape index (κ2) is 5.81. The van der Waals surface area contributed by atoms with Gasteiger partial charge in [0.25, 0.3) is 0 Å². The second-order valence-electron chi connectivity index (χ2n) is 3.72. The van der Waals surface area contributed by atoms with Crippen molar-refractivity contribution in [1.29, 1.82) is 0 Å². The van der Waals surface area contributed by atoms with Crippen LogP contribution in [0, 0.1) is 5.82 Å². The van der Waals surface area contributed by atoms with Crippen LogP contribution in [0.5, 0.6) is 0 Å². The van der Waals surface area contributed by atoms with Gasteiger partial charge in [0.1, 0.15) is 4.90 Å². The van der Waals surface area contributed by atoms with Crippen LogP contribution in [0.25, 0.3) is 0 Å². The minimum Gasteiger partial charge on any atom is -0.478 e. The van der Waals surface area contributed by atoms with Crippen molar-refractivity contribution >= 4 is 31.9 Å². The summed E-state index contributed by atoms with van der Waals surface area (Å²) in [5, 5.41) is 8.82. The fraction of sp³-hybridized carbons (Fsp3) is 0.182. The minimum atomic E-state index is -4.17.